The molecule has 2 unspecified atom stereocenters. The summed E-state index contributed by atoms with van der Waals surface area (Å²) in [5, 5.41) is 0.932. The van der Waals surface area contributed by atoms with E-state index in [1.165, 1.54) is 15.9 Å². The first kappa shape index (κ1) is 39.3. The molecule has 0 radical (unpaired) electrons. The standard InChI is InChI=1S/C29H27Cl2F3N4O5S.C4H11N2/c1-2-43-24-17-20(29(32,33)34)7-12-23(24)27-35-25(18-3-8-21(30)9-4-18)26(19-5-10-22(31)11-6-19)38(27)28(39)36-13-15-37(16-14-36)44(40,41)42;1-6(2)4-3-5/h3-12,17,25-26H,2,13-16H2,1H3,(H,40,41,42);5H,3-4H2,1-2H3/q;-1. The molecule has 5 rings (SSSR count). The van der Waals surface area contributed by atoms with Crippen LogP contribution in [0, 0.1) is 0 Å². The summed E-state index contributed by atoms with van der Waals surface area (Å²) in [7, 11) is -0.522. The average Bonchev–Trinajstić information content (AvgIpc) is 3.45. The predicted octanol–water partition coefficient (Wildman–Crippen LogP) is 7.10. The van der Waals surface area contributed by atoms with Gasteiger partial charge in [-0.15, -0.1) is 6.54 Å². The van der Waals surface area contributed by atoms with Gasteiger partial charge in [0.15, 0.2) is 0 Å². The fourth-order valence-electron chi connectivity index (χ4n) is 5.50. The Labute approximate surface area is 299 Å². The molecule has 0 aromatic heterocycles. The number of piperazine rings is 1. The van der Waals surface area contributed by atoms with Gasteiger partial charge in [0.2, 0.25) is 0 Å². The number of amides is 2. The quantitative estimate of drug-likeness (QED) is 0.244. The maximum absolute atomic E-state index is 14.4. The van der Waals surface area contributed by atoms with Crippen molar-refractivity contribution in [2.45, 2.75) is 25.2 Å². The van der Waals surface area contributed by atoms with Crippen molar-refractivity contribution in [1.82, 2.24) is 19.0 Å². The number of hydrogen-bond donors (Lipinski definition) is 1. The molecule has 2 amide bonds. The van der Waals surface area contributed by atoms with Gasteiger partial charge in [-0.2, -0.15) is 25.9 Å². The van der Waals surface area contributed by atoms with Crippen LogP contribution >= 0.6 is 23.2 Å². The molecule has 1 fully saturated rings. The lowest BCUT2D eigenvalue weighted by Crippen LogP contribution is -2.55. The van der Waals surface area contributed by atoms with Crippen LogP contribution in [-0.4, -0.2) is 104 Å². The van der Waals surface area contributed by atoms with Crippen LogP contribution in [0.5, 0.6) is 5.75 Å². The highest BCUT2D eigenvalue weighted by Gasteiger charge is 2.45. The number of urea groups is 1. The molecule has 272 valence electrons. The highest BCUT2D eigenvalue weighted by Crippen LogP contribution is 2.46. The molecule has 3 aromatic carbocycles. The zero-order valence-electron chi connectivity index (χ0n) is 27.6. The Hall–Kier alpha value is -3.44. The molecule has 2 aliphatic rings. The maximum atomic E-state index is 14.4. The molecule has 0 bridgehead atoms. The van der Waals surface area contributed by atoms with Gasteiger partial charge in [0.25, 0.3) is 0 Å². The summed E-state index contributed by atoms with van der Waals surface area (Å²) in [5.41, 5.74) is 7.26. The minimum absolute atomic E-state index is 0.0489. The van der Waals surface area contributed by atoms with Crippen molar-refractivity contribution >= 4 is 45.4 Å². The summed E-state index contributed by atoms with van der Waals surface area (Å²) in [6, 6.07) is 14.6. The molecular weight excluding hydrogens is 720 g/mol. The van der Waals surface area contributed by atoms with Crippen LogP contribution in [0.25, 0.3) is 5.73 Å². The van der Waals surface area contributed by atoms with Crippen molar-refractivity contribution in [3.63, 3.8) is 0 Å². The van der Waals surface area contributed by atoms with Gasteiger partial charge in [-0.3, -0.25) is 14.4 Å². The van der Waals surface area contributed by atoms with Crippen LogP contribution in [0.3, 0.4) is 0 Å². The van der Waals surface area contributed by atoms with Crippen molar-refractivity contribution in [1.29, 1.82) is 0 Å². The van der Waals surface area contributed by atoms with Gasteiger partial charge >= 0.3 is 22.5 Å². The Morgan fingerprint density at radius 3 is 2.00 bits per heavy atom. The Bertz CT molecular complexity index is 1750. The third-order valence-electron chi connectivity index (χ3n) is 7.94. The Kier molecular flexibility index (Phi) is 13.2. The Morgan fingerprint density at radius 1 is 0.980 bits per heavy atom. The number of likely N-dealkylation sites (N-methyl/N-ethyl adjacent to an activating group) is 1. The first-order valence-electron chi connectivity index (χ1n) is 15.6. The summed E-state index contributed by atoms with van der Waals surface area (Å²) in [6.45, 7) is 2.66. The molecule has 0 aliphatic carbocycles. The summed E-state index contributed by atoms with van der Waals surface area (Å²) in [6.07, 6.45) is -4.64. The summed E-state index contributed by atoms with van der Waals surface area (Å²) >= 11 is 12.3. The number of nitrogens with zero attached hydrogens (tertiary/aromatic N) is 5. The number of aliphatic imine (C=N–C) groups is 1. The second-order valence-electron chi connectivity index (χ2n) is 11.7. The molecule has 2 heterocycles. The van der Waals surface area contributed by atoms with Crippen LogP contribution in [0.15, 0.2) is 71.7 Å². The lowest BCUT2D eigenvalue weighted by molar-refractivity contribution is -0.137. The van der Waals surface area contributed by atoms with Crippen LogP contribution in [0.1, 0.15) is 41.3 Å². The molecular formula is C33H38Cl2F3N6O5S-. The first-order valence-corrected chi connectivity index (χ1v) is 17.7. The number of alkyl halides is 3. The second kappa shape index (κ2) is 16.7. The van der Waals surface area contributed by atoms with Gasteiger partial charge in [0.05, 0.1) is 23.8 Å². The smallest absolute Gasteiger partial charge is 0.416 e. The summed E-state index contributed by atoms with van der Waals surface area (Å²) in [4.78, 5) is 24.1. The molecule has 11 nitrogen and oxygen atoms in total. The molecule has 2 aliphatic heterocycles. The number of carbonyl (C=O) groups is 1. The number of halogens is 5. The maximum Gasteiger partial charge on any atom is 0.416 e. The number of rotatable bonds is 8. The van der Waals surface area contributed by atoms with Gasteiger partial charge in [-0.1, -0.05) is 47.5 Å². The number of ether oxygens (including phenoxy) is 1. The zero-order chi connectivity index (χ0) is 36.8. The number of benzene rings is 3. The topological polar surface area (TPSA) is 130 Å². The Morgan fingerprint density at radius 2 is 1.54 bits per heavy atom. The van der Waals surface area contributed by atoms with E-state index in [9.17, 15) is 30.9 Å². The lowest BCUT2D eigenvalue weighted by atomic mass is 9.93. The molecule has 17 heteroatoms. The van der Waals surface area contributed by atoms with Crippen LogP contribution in [0.2, 0.25) is 10.0 Å². The second-order valence-corrected chi connectivity index (χ2v) is 13.9. The third-order valence-corrected chi connectivity index (χ3v) is 9.46. The summed E-state index contributed by atoms with van der Waals surface area (Å²) < 4.78 is 80.3. The van der Waals surface area contributed by atoms with Gasteiger partial charge < -0.3 is 20.3 Å². The van der Waals surface area contributed by atoms with Crippen molar-refractivity contribution in [3.8, 4) is 5.75 Å². The van der Waals surface area contributed by atoms with Crippen molar-refractivity contribution in [3.05, 3.63) is 105 Å². The lowest BCUT2D eigenvalue weighted by Gasteiger charge is -2.38. The van der Waals surface area contributed by atoms with E-state index in [2.05, 4.69) is 0 Å². The largest absolute Gasteiger partial charge is 0.676 e. The van der Waals surface area contributed by atoms with Gasteiger partial charge in [0, 0.05) is 36.2 Å². The number of hydrogen-bond acceptors (Lipinski definition) is 6. The van der Waals surface area contributed by atoms with E-state index < -0.39 is 40.2 Å². The third kappa shape index (κ3) is 9.66. The van der Waals surface area contributed by atoms with E-state index in [1.54, 1.807) is 55.5 Å². The molecule has 2 atom stereocenters. The van der Waals surface area contributed by atoms with E-state index in [0.717, 1.165) is 23.0 Å². The Balaban J connectivity index is 0.000000860. The SMILES string of the molecule is CCOc1cc(C(F)(F)F)ccc1C1=NC(c2ccc(Cl)cc2)C(c2ccc(Cl)cc2)N1C(=O)N1CCN(S(=O)(=O)O)CC1.CN(C)CC[NH-]. The number of amidine groups is 1. The molecule has 1 saturated heterocycles. The van der Waals surface area contributed by atoms with Crippen molar-refractivity contribution in [2.75, 3.05) is 60.0 Å². The average molecular weight is 759 g/mol. The van der Waals surface area contributed by atoms with E-state index in [1.807, 2.05) is 19.0 Å². The fraction of sp³-hybridized carbons (Fsp3) is 0.394. The van der Waals surface area contributed by atoms with Crippen molar-refractivity contribution < 1.29 is 35.7 Å². The van der Waals surface area contributed by atoms with Gasteiger partial charge in [-0.25, -0.2) is 4.79 Å². The number of nitrogens with one attached hydrogen (secondary N) is 1. The molecule has 3 aromatic rings. The monoisotopic (exact) mass is 757 g/mol. The highest BCUT2D eigenvalue weighted by atomic mass is 35.5. The van der Waals surface area contributed by atoms with E-state index in [0.29, 0.717) is 27.7 Å². The van der Waals surface area contributed by atoms with Crippen molar-refractivity contribution in [2.24, 2.45) is 4.99 Å². The minimum atomic E-state index is -4.64. The van der Waals surface area contributed by atoms with E-state index in [4.69, 9.17) is 38.7 Å². The van der Waals surface area contributed by atoms with Gasteiger partial charge in [-0.05, 0) is 81.2 Å². The van der Waals surface area contributed by atoms with Crippen LogP contribution in [0.4, 0.5) is 18.0 Å². The van der Waals surface area contributed by atoms with Crippen LogP contribution in [-0.2, 0) is 16.5 Å². The molecule has 0 saturated carbocycles. The normalized spacial score (nSPS) is 18.5. The number of carbonyl (C=O) groups excluding carboxylic acids is 1. The highest BCUT2D eigenvalue weighted by molar-refractivity contribution is 7.83. The zero-order valence-corrected chi connectivity index (χ0v) is 29.9. The molecule has 0 spiro atoms. The molecule has 2 N–H and O–H groups in total. The predicted molar refractivity (Wildman–Crippen MR) is 187 cm³/mol. The minimum Gasteiger partial charge on any atom is -0.676 e. The fourth-order valence-corrected chi connectivity index (χ4v) is 6.38. The summed E-state index contributed by atoms with van der Waals surface area (Å²) in [5.74, 6) is -0.0361. The van der Waals surface area contributed by atoms with E-state index >= 15 is 0 Å². The first-order chi connectivity index (χ1) is 23.5. The van der Waals surface area contributed by atoms with E-state index in [-0.39, 0.29) is 49.9 Å². The van der Waals surface area contributed by atoms with Gasteiger partial charge in [0.1, 0.15) is 17.6 Å². The van der Waals surface area contributed by atoms with Crippen LogP contribution < -0.4 is 4.74 Å². The molecule has 50 heavy (non-hydrogen) atoms.